The van der Waals surface area contributed by atoms with E-state index in [1.807, 2.05) is 0 Å². The van der Waals surface area contributed by atoms with Gasteiger partial charge in [-0.05, 0) is 43.9 Å². The predicted octanol–water partition coefficient (Wildman–Crippen LogP) is 2.80. The smallest absolute Gasteiger partial charge is 0.429 e. The van der Waals surface area contributed by atoms with Crippen LogP contribution in [0, 0.1) is 11.8 Å². The Hall–Kier alpha value is -0.0300. The van der Waals surface area contributed by atoms with Gasteiger partial charge in [-0.1, -0.05) is 20.8 Å². The van der Waals surface area contributed by atoms with E-state index < -0.39 is 6.09 Å². The summed E-state index contributed by atoms with van der Waals surface area (Å²) in [6.07, 6.45) is 0.522. The van der Waals surface area contributed by atoms with Crippen LogP contribution in [0.2, 0.25) is 0 Å². The van der Waals surface area contributed by atoms with Crippen molar-refractivity contribution in [1.29, 1.82) is 0 Å². The SMILES string of the molecule is CC(C)CC(C)COC(=O)N(S)S. The van der Waals surface area contributed by atoms with Crippen molar-refractivity contribution >= 4 is 31.7 Å². The summed E-state index contributed by atoms with van der Waals surface area (Å²) < 4.78 is 5.74. The van der Waals surface area contributed by atoms with Crippen LogP contribution in [0.5, 0.6) is 0 Å². The van der Waals surface area contributed by atoms with E-state index in [-0.39, 0.29) is 0 Å². The van der Waals surface area contributed by atoms with Crippen LogP contribution < -0.4 is 0 Å². The molecule has 0 spiro atoms. The highest BCUT2D eigenvalue weighted by Crippen LogP contribution is 2.12. The first-order valence-electron chi connectivity index (χ1n) is 4.28. The molecule has 0 radical (unpaired) electrons. The molecule has 0 aromatic rings. The molecule has 3 nitrogen and oxygen atoms in total. The standard InChI is InChI=1S/C8H17NO2S2/c1-6(2)4-7(3)5-11-8(10)9(12)13/h6-7,12-13H,4-5H2,1-3H3. The fraction of sp³-hybridized carbons (Fsp3) is 0.875. The summed E-state index contributed by atoms with van der Waals surface area (Å²) in [6, 6.07) is 0. The van der Waals surface area contributed by atoms with Gasteiger partial charge in [-0.2, -0.15) is 3.71 Å². The molecule has 1 atom stereocenters. The van der Waals surface area contributed by atoms with Crippen molar-refractivity contribution in [1.82, 2.24) is 3.71 Å². The summed E-state index contributed by atoms with van der Waals surface area (Å²) in [5.41, 5.74) is 0. The minimum absolute atomic E-state index is 0.380. The van der Waals surface area contributed by atoms with E-state index in [0.717, 1.165) is 10.1 Å². The summed E-state index contributed by atoms with van der Waals surface area (Å²) >= 11 is 7.38. The van der Waals surface area contributed by atoms with Gasteiger partial charge in [0.2, 0.25) is 0 Å². The summed E-state index contributed by atoms with van der Waals surface area (Å²) in [5, 5.41) is 0. The van der Waals surface area contributed by atoms with Gasteiger partial charge in [0.05, 0.1) is 6.61 Å². The third-order valence-electron chi connectivity index (χ3n) is 1.53. The minimum atomic E-state index is -0.526. The Bertz CT molecular complexity index is 162. The molecule has 0 aliphatic heterocycles. The van der Waals surface area contributed by atoms with Crippen LogP contribution in [0.1, 0.15) is 27.2 Å². The number of thiol groups is 2. The van der Waals surface area contributed by atoms with E-state index in [1.54, 1.807) is 0 Å². The second-order valence-corrected chi connectivity index (χ2v) is 4.72. The van der Waals surface area contributed by atoms with Gasteiger partial charge < -0.3 is 4.74 Å². The molecule has 78 valence electrons. The second kappa shape index (κ2) is 6.43. The van der Waals surface area contributed by atoms with Crippen LogP contribution in [-0.2, 0) is 4.74 Å². The Labute approximate surface area is 90.9 Å². The van der Waals surface area contributed by atoms with Gasteiger partial charge in [0.15, 0.2) is 0 Å². The molecular formula is C8H17NO2S2. The molecule has 13 heavy (non-hydrogen) atoms. The fourth-order valence-electron chi connectivity index (χ4n) is 1.14. The van der Waals surface area contributed by atoms with Crippen LogP contribution in [0.25, 0.3) is 0 Å². The average Bonchev–Trinajstić information content (AvgIpc) is 1.98. The first-order valence-corrected chi connectivity index (χ1v) is 5.08. The summed E-state index contributed by atoms with van der Waals surface area (Å²) in [5.74, 6) is 1.00. The van der Waals surface area contributed by atoms with Crippen molar-refractivity contribution in [2.24, 2.45) is 11.8 Å². The number of ether oxygens (including phenoxy) is 1. The van der Waals surface area contributed by atoms with Crippen LogP contribution in [0.4, 0.5) is 4.79 Å². The maximum atomic E-state index is 10.9. The topological polar surface area (TPSA) is 29.5 Å². The monoisotopic (exact) mass is 223 g/mol. The number of carbonyl (C=O) groups is 1. The molecule has 0 N–H and O–H groups in total. The first-order chi connectivity index (χ1) is 5.93. The van der Waals surface area contributed by atoms with Gasteiger partial charge in [0, 0.05) is 0 Å². The summed E-state index contributed by atoms with van der Waals surface area (Å²) in [7, 11) is 0. The third kappa shape index (κ3) is 7.07. The Morgan fingerprint density at radius 1 is 1.38 bits per heavy atom. The number of carbonyl (C=O) groups excluding carboxylic acids is 1. The molecule has 1 unspecified atom stereocenters. The zero-order valence-electron chi connectivity index (χ0n) is 8.23. The molecule has 0 heterocycles. The van der Waals surface area contributed by atoms with Gasteiger partial charge >= 0.3 is 6.09 Å². The Kier molecular flexibility index (Phi) is 6.41. The van der Waals surface area contributed by atoms with Gasteiger partial charge in [-0.15, -0.1) is 0 Å². The molecule has 0 aromatic carbocycles. The molecule has 0 saturated carbocycles. The quantitative estimate of drug-likeness (QED) is 0.718. The Balaban J connectivity index is 3.58. The molecule has 0 aliphatic rings. The van der Waals surface area contributed by atoms with E-state index >= 15 is 0 Å². The van der Waals surface area contributed by atoms with Gasteiger partial charge in [0.1, 0.15) is 0 Å². The van der Waals surface area contributed by atoms with Crippen molar-refractivity contribution in [2.75, 3.05) is 6.61 Å². The van der Waals surface area contributed by atoms with E-state index in [2.05, 4.69) is 46.4 Å². The molecule has 5 heteroatoms. The van der Waals surface area contributed by atoms with Crippen molar-refractivity contribution < 1.29 is 9.53 Å². The predicted molar refractivity (Wildman–Crippen MR) is 59.8 cm³/mol. The van der Waals surface area contributed by atoms with E-state index in [4.69, 9.17) is 4.74 Å². The first kappa shape index (κ1) is 13.0. The second-order valence-electron chi connectivity index (χ2n) is 3.60. The molecule has 0 rings (SSSR count). The average molecular weight is 223 g/mol. The fourth-order valence-corrected chi connectivity index (χ4v) is 1.26. The number of rotatable bonds is 4. The van der Waals surface area contributed by atoms with E-state index in [1.165, 1.54) is 0 Å². The highest BCUT2D eigenvalue weighted by atomic mass is 32.2. The van der Waals surface area contributed by atoms with Crippen LogP contribution in [0.3, 0.4) is 0 Å². The van der Waals surface area contributed by atoms with Gasteiger partial charge in [-0.3, -0.25) is 0 Å². The van der Waals surface area contributed by atoms with Crippen molar-refractivity contribution in [3.8, 4) is 0 Å². The van der Waals surface area contributed by atoms with Crippen LogP contribution in [-0.4, -0.2) is 16.4 Å². The molecule has 0 aliphatic carbocycles. The van der Waals surface area contributed by atoms with Crippen LogP contribution in [0.15, 0.2) is 0 Å². The van der Waals surface area contributed by atoms with Crippen molar-refractivity contribution in [3.05, 3.63) is 0 Å². The molecule has 0 saturated heterocycles. The lowest BCUT2D eigenvalue weighted by molar-refractivity contribution is 0.122. The molecule has 0 aromatic heterocycles. The van der Waals surface area contributed by atoms with E-state index in [0.29, 0.717) is 18.4 Å². The molecule has 1 amide bonds. The maximum absolute atomic E-state index is 10.9. The number of hydrogen-bond acceptors (Lipinski definition) is 4. The third-order valence-corrected chi connectivity index (χ3v) is 1.85. The Morgan fingerprint density at radius 3 is 2.31 bits per heavy atom. The van der Waals surface area contributed by atoms with Crippen molar-refractivity contribution in [2.45, 2.75) is 27.2 Å². The number of nitrogens with zero attached hydrogens (tertiary/aromatic N) is 1. The lowest BCUT2D eigenvalue weighted by atomic mass is 10.00. The lowest BCUT2D eigenvalue weighted by Gasteiger charge is -2.15. The normalized spacial score (nSPS) is 12.8. The highest BCUT2D eigenvalue weighted by Gasteiger charge is 2.10. The van der Waals surface area contributed by atoms with Crippen molar-refractivity contribution in [3.63, 3.8) is 0 Å². The van der Waals surface area contributed by atoms with E-state index in [9.17, 15) is 4.79 Å². The zero-order chi connectivity index (χ0) is 10.4. The molecule has 0 bridgehead atoms. The van der Waals surface area contributed by atoms with Gasteiger partial charge in [-0.25, -0.2) is 4.79 Å². The highest BCUT2D eigenvalue weighted by molar-refractivity contribution is 7.94. The molecular weight excluding hydrogens is 206 g/mol. The summed E-state index contributed by atoms with van der Waals surface area (Å²) in [4.78, 5) is 10.9. The Morgan fingerprint density at radius 2 is 1.92 bits per heavy atom. The maximum Gasteiger partial charge on any atom is 0.429 e. The lowest BCUT2D eigenvalue weighted by Crippen LogP contribution is -2.18. The minimum Gasteiger partial charge on any atom is -0.448 e. The zero-order valence-corrected chi connectivity index (χ0v) is 10.0. The molecule has 0 fully saturated rings. The van der Waals surface area contributed by atoms with Gasteiger partial charge in [0.25, 0.3) is 0 Å². The van der Waals surface area contributed by atoms with Crippen LogP contribution >= 0.6 is 25.6 Å². The largest absolute Gasteiger partial charge is 0.448 e. The number of hydrogen-bond donors (Lipinski definition) is 2. The summed E-state index contributed by atoms with van der Waals surface area (Å²) in [6.45, 7) is 6.76. The number of amides is 1.